The summed E-state index contributed by atoms with van der Waals surface area (Å²) in [7, 11) is 2.86. The Hall–Kier alpha value is -3.22. The van der Waals surface area contributed by atoms with E-state index in [4.69, 9.17) is 19.9 Å². The van der Waals surface area contributed by atoms with Gasteiger partial charge in [-0.2, -0.15) is 0 Å². The van der Waals surface area contributed by atoms with E-state index in [-0.39, 0.29) is 29.8 Å². The molecule has 25 heavy (non-hydrogen) atoms. The van der Waals surface area contributed by atoms with Crippen LogP contribution < -0.4 is 25.3 Å². The first-order valence-corrected chi connectivity index (χ1v) is 7.54. The van der Waals surface area contributed by atoms with E-state index in [1.807, 2.05) is 30.3 Å². The summed E-state index contributed by atoms with van der Waals surface area (Å²) in [5.41, 5.74) is 6.41. The number of carbonyl (C=O) groups is 2. The quantitative estimate of drug-likeness (QED) is 0.756. The second kappa shape index (κ2) is 8.58. The minimum absolute atomic E-state index is 0.211. The van der Waals surface area contributed by atoms with Crippen LogP contribution in [0.1, 0.15) is 15.9 Å². The largest absolute Gasteiger partial charge is 0.493 e. The topological polar surface area (TPSA) is 99.9 Å². The molecule has 0 aliphatic heterocycles. The van der Waals surface area contributed by atoms with E-state index in [2.05, 4.69) is 5.32 Å². The van der Waals surface area contributed by atoms with Crippen molar-refractivity contribution in [2.24, 2.45) is 5.73 Å². The van der Waals surface area contributed by atoms with Gasteiger partial charge in [0.15, 0.2) is 18.1 Å². The van der Waals surface area contributed by atoms with Crippen LogP contribution >= 0.6 is 0 Å². The van der Waals surface area contributed by atoms with Gasteiger partial charge in [0.1, 0.15) is 0 Å². The molecule has 0 saturated heterocycles. The van der Waals surface area contributed by atoms with Crippen LogP contribution in [0.2, 0.25) is 0 Å². The summed E-state index contributed by atoms with van der Waals surface area (Å²) in [4.78, 5) is 23.3. The first-order chi connectivity index (χ1) is 12.0. The lowest BCUT2D eigenvalue weighted by Gasteiger charge is -2.15. The standard InChI is InChI=1S/C18H20N2O5/c1-23-14-8-13(9-15(24-2)17(14)25-11-16(19)21)18(22)20-10-12-6-4-3-5-7-12/h3-9H,10-11H2,1-2H3,(H2,19,21)(H,20,22). The van der Waals surface area contributed by atoms with Gasteiger partial charge < -0.3 is 25.3 Å². The Morgan fingerprint density at radius 3 is 2.16 bits per heavy atom. The third-order valence-corrected chi connectivity index (χ3v) is 3.38. The molecule has 0 aliphatic rings. The molecule has 3 N–H and O–H groups in total. The van der Waals surface area contributed by atoms with Crippen LogP contribution in [0.5, 0.6) is 17.2 Å². The van der Waals surface area contributed by atoms with Crippen LogP contribution in [0, 0.1) is 0 Å². The zero-order valence-electron chi connectivity index (χ0n) is 14.1. The van der Waals surface area contributed by atoms with E-state index in [1.165, 1.54) is 26.4 Å². The summed E-state index contributed by atoms with van der Waals surface area (Å²) in [5, 5.41) is 2.82. The van der Waals surface area contributed by atoms with Crippen molar-refractivity contribution in [2.45, 2.75) is 6.54 Å². The number of nitrogens with one attached hydrogen (secondary N) is 1. The highest BCUT2D eigenvalue weighted by atomic mass is 16.5. The molecule has 0 aliphatic carbocycles. The van der Waals surface area contributed by atoms with E-state index in [0.29, 0.717) is 12.1 Å². The molecule has 0 aromatic heterocycles. The van der Waals surface area contributed by atoms with Crippen LogP contribution in [-0.4, -0.2) is 32.6 Å². The SMILES string of the molecule is COc1cc(C(=O)NCc2ccccc2)cc(OC)c1OCC(N)=O. The number of nitrogens with two attached hydrogens (primary N) is 1. The summed E-state index contributed by atoms with van der Waals surface area (Å²) in [6.45, 7) is 0.0660. The van der Waals surface area contributed by atoms with Gasteiger partial charge in [-0.15, -0.1) is 0 Å². The number of carbonyl (C=O) groups excluding carboxylic acids is 2. The number of benzene rings is 2. The van der Waals surface area contributed by atoms with Crippen molar-refractivity contribution in [1.29, 1.82) is 0 Å². The number of primary amides is 1. The molecule has 2 rings (SSSR count). The van der Waals surface area contributed by atoms with Crippen LogP contribution in [0.4, 0.5) is 0 Å². The molecule has 7 heteroatoms. The molecule has 0 bridgehead atoms. The first kappa shape index (κ1) is 18.1. The van der Waals surface area contributed by atoms with Crippen LogP contribution in [0.15, 0.2) is 42.5 Å². The van der Waals surface area contributed by atoms with Gasteiger partial charge in [-0.3, -0.25) is 9.59 Å². The van der Waals surface area contributed by atoms with E-state index >= 15 is 0 Å². The third kappa shape index (κ3) is 4.87. The summed E-state index contributed by atoms with van der Waals surface area (Å²) in [6.07, 6.45) is 0. The van der Waals surface area contributed by atoms with Gasteiger partial charge in [0.2, 0.25) is 5.75 Å². The van der Waals surface area contributed by atoms with Crippen molar-refractivity contribution in [2.75, 3.05) is 20.8 Å². The molecule has 0 heterocycles. The van der Waals surface area contributed by atoms with Crippen molar-refractivity contribution in [3.63, 3.8) is 0 Å². The Morgan fingerprint density at radius 1 is 1.04 bits per heavy atom. The lowest BCUT2D eigenvalue weighted by atomic mass is 10.1. The highest BCUT2D eigenvalue weighted by molar-refractivity contribution is 5.95. The Balaban J connectivity index is 2.19. The van der Waals surface area contributed by atoms with Gasteiger partial charge in [-0.1, -0.05) is 30.3 Å². The van der Waals surface area contributed by atoms with E-state index < -0.39 is 5.91 Å². The van der Waals surface area contributed by atoms with Gasteiger partial charge in [-0.05, 0) is 17.7 Å². The molecule has 132 valence electrons. The Labute approximate surface area is 145 Å². The van der Waals surface area contributed by atoms with Gasteiger partial charge >= 0.3 is 0 Å². The maximum Gasteiger partial charge on any atom is 0.255 e. The Morgan fingerprint density at radius 2 is 1.64 bits per heavy atom. The third-order valence-electron chi connectivity index (χ3n) is 3.38. The molecule has 2 aromatic rings. The number of amides is 2. The van der Waals surface area contributed by atoms with E-state index in [9.17, 15) is 9.59 Å². The van der Waals surface area contributed by atoms with Gasteiger partial charge in [-0.25, -0.2) is 0 Å². The number of methoxy groups -OCH3 is 2. The molecule has 2 aromatic carbocycles. The zero-order valence-corrected chi connectivity index (χ0v) is 14.1. The maximum absolute atomic E-state index is 12.4. The molecular weight excluding hydrogens is 324 g/mol. The van der Waals surface area contributed by atoms with Crippen molar-refractivity contribution in [3.8, 4) is 17.2 Å². The van der Waals surface area contributed by atoms with Gasteiger partial charge in [0.25, 0.3) is 11.8 Å². The smallest absolute Gasteiger partial charge is 0.255 e. The van der Waals surface area contributed by atoms with Crippen LogP contribution in [-0.2, 0) is 11.3 Å². The van der Waals surface area contributed by atoms with Crippen molar-refractivity contribution in [1.82, 2.24) is 5.32 Å². The zero-order chi connectivity index (χ0) is 18.2. The van der Waals surface area contributed by atoms with E-state index in [1.54, 1.807) is 0 Å². The van der Waals surface area contributed by atoms with Crippen LogP contribution in [0.25, 0.3) is 0 Å². The summed E-state index contributed by atoms with van der Waals surface area (Å²) in [5.74, 6) is -0.171. The molecule has 7 nitrogen and oxygen atoms in total. The van der Waals surface area contributed by atoms with Gasteiger partial charge in [0, 0.05) is 12.1 Å². The predicted octanol–water partition coefficient (Wildman–Crippen LogP) is 1.50. The highest BCUT2D eigenvalue weighted by Gasteiger charge is 2.18. The normalized spacial score (nSPS) is 10.0. The average molecular weight is 344 g/mol. The number of hydrogen-bond donors (Lipinski definition) is 2. The maximum atomic E-state index is 12.4. The van der Waals surface area contributed by atoms with Crippen molar-refractivity contribution < 1.29 is 23.8 Å². The molecule has 2 amide bonds. The Kier molecular flexibility index (Phi) is 6.22. The molecule has 0 fully saturated rings. The fourth-order valence-electron chi connectivity index (χ4n) is 2.18. The average Bonchev–Trinajstić information content (AvgIpc) is 2.64. The lowest BCUT2D eigenvalue weighted by Crippen LogP contribution is -2.23. The minimum Gasteiger partial charge on any atom is -0.493 e. The first-order valence-electron chi connectivity index (χ1n) is 7.54. The molecular formula is C18H20N2O5. The van der Waals surface area contributed by atoms with Crippen molar-refractivity contribution >= 4 is 11.8 Å². The summed E-state index contributed by atoms with van der Waals surface area (Å²) >= 11 is 0. The monoisotopic (exact) mass is 344 g/mol. The molecule has 0 unspecified atom stereocenters. The minimum atomic E-state index is -0.631. The molecule has 0 spiro atoms. The number of hydrogen-bond acceptors (Lipinski definition) is 5. The van der Waals surface area contributed by atoms with Crippen LogP contribution in [0.3, 0.4) is 0 Å². The second-order valence-electron chi connectivity index (χ2n) is 5.13. The van der Waals surface area contributed by atoms with E-state index in [0.717, 1.165) is 5.56 Å². The second-order valence-corrected chi connectivity index (χ2v) is 5.13. The fraction of sp³-hybridized carbons (Fsp3) is 0.222. The lowest BCUT2D eigenvalue weighted by molar-refractivity contribution is -0.120. The molecule has 0 saturated carbocycles. The number of rotatable bonds is 8. The summed E-state index contributed by atoms with van der Waals surface area (Å²) in [6, 6.07) is 12.6. The molecule has 0 radical (unpaired) electrons. The molecule has 0 atom stereocenters. The number of ether oxygens (including phenoxy) is 3. The highest BCUT2D eigenvalue weighted by Crippen LogP contribution is 2.38. The predicted molar refractivity (Wildman–Crippen MR) is 91.8 cm³/mol. The summed E-state index contributed by atoms with van der Waals surface area (Å²) < 4.78 is 15.8. The van der Waals surface area contributed by atoms with Crippen molar-refractivity contribution in [3.05, 3.63) is 53.6 Å². The Bertz CT molecular complexity index is 721. The van der Waals surface area contributed by atoms with Gasteiger partial charge in [0.05, 0.1) is 14.2 Å². The fourth-order valence-corrected chi connectivity index (χ4v) is 2.18.